The minimum atomic E-state index is 0.478. The molecule has 21 heavy (non-hydrogen) atoms. The van der Waals surface area contributed by atoms with Gasteiger partial charge in [0.05, 0.1) is 7.11 Å². The molecule has 0 aliphatic carbocycles. The zero-order valence-electron chi connectivity index (χ0n) is 12.3. The molecule has 2 aromatic heterocycles. The molecule has 6 heteroatoms. The molecular weight excluding hydrogens is 284 g/mol. The lowest BCUT2D eigenvalue weighted by molar-refractivity contribution is 0.414. The van der Waals surface area contributed by atoms with Crippen molar-refractivity contribution in [2.45, 2.75) is 20.8 Å². The molecule has 1 aromatic carbocycles. The summed E-state index contributed by atoms with van der Waals surface area (Å²) in [7, 11) is 1.65. The van der Waals surface area contributed by atoms with Crippen molar-refractivity contribution in [3.8, 4) is 23.1 Å². The second-order valence-corrected chi connectivity index (χ2v) is 6.03. The Morgan fingerprint density at radius 3 is 2.48 bits per heavy atom. The molecule has 3 rings (SSSR count). The van der Waals surface area contributed by atoms with Crippen molar-refractivity contribution in [2.24, 2.45) is 0 Å². The molecule has 0 aliphatic heterocycles. The largest absolute Gasteiger partial charge is 0.497 e. The highest BCUT2D eigenvalue weighted by molar-refractivity contribution is 7.16. The van der Waals surface area contributed by atoms with E-state index >= 15 is 0 Å². The van der Waals surface area contributed by atoms with Gasteiger partial charge in [0.1, 0.15) is 22.5 Å². The maximum atomic E-state index is 9.49. The number of hydrogen-bond acceptors (Lipinski definition) is 5. The first-order valence-corrected chi connectivity index (χ1v) is 7.28. The van der Waals surface area contributed by atoms with Crippen LogP contribution in [0.15, 0.2) is 12.1 Å². The summed E-state index contributed by atoms with van der Waals surface area (Å²) < 4.78 is 6.91. The lowest BCUT2D eigenvalue weighted by atomic mass is 9.98. The van der Waals surface area contributed by atoms with Crippen molar-refractivity contribution in [3.63, 3.8) is 0 Å². The maximum Gasteiger partial charge on any atom is 0.213 e. The molecule has 0 amide bonds. The maximum absolute atomic E-state index is 9.49. The molecule has 0 atom stereocenters. The van der Waals surface area contributed by atoms with Crippen molar-refractivity contribution >= 4 is 16.3 Å². The Bertz CT molecular complexity index is 862. The van der Waals surface area contributed by atoms with Crippen LogP contribution in [0.25, 0.3) is 16.2 Å². The molecule has 0 radical (unpaired) electrons. The molecule has 0 N–H and O–H groups in total. The Balaban J connectivity index is 2.31. The van der Waals surface area contributed by atoms with Crippen LogP contribution in [0.1, 0.15) is 21.8 Å². The summed E-state index contributed by atoms with van der Waals surface area (Å²) in [5.74, 6) is 0.808. The quantitative estimate of drug-likeness (QED) is 0.728. The first-order valence-electron chi connectivity index (χ1n) is 6.47. The van der Waals surface area contributed by atoms with E-state index in [4.69, 9.17) is 4.74 Å². The number of benzene rings is 1. The van der Waals surface area contributed by atoms with Crippen LogP contribution in [0, 0.1) is 32.1 Å². The Morgan fingerprint density at radius 2 is 1.90 bits per heavy atom. The predicted octanol–water partition coefficient (Wildman–Crippen LogP) is 3.26. The summed E-state index contributed by atoms with van der Waals surface area (Å²) in [6.07, 6.45) is 0. The highest BCUT2D eigenvalue weighted by Gasteiger charge is 2.20. The minimum Gasteiger partial charge on any atom is -0.497 e. The van der Waals surface area contributed by atoms with Gasteiger partial charge in [-0.05, 0) is 44.0 Å². The number of rotatable bonds is 2. The number of hydrogen-bond donors (Lipinski definition) is 0. The van der Waals surface area contributed by atoms with Gasteiger partial charge >= 0.3 is 0 Å². The zero-order chi connectivity index (χ0) is 15.1. The van der Waals surface area contributed by atoms with Crippen LogP contribution < -0.4 is 4.74 Å². The highest BCUT2D eigenvalue weighted by atomic mass is 32.1. The molecule has 0 spiro atoms. The third-order valence-corrected chi connectivity index (χ3v) is 4.21. The third kappa shape index (κ3) is 2.06. The Labute approximate surface area is 126 Å². The fraction of sp³-hybridized carbons (Fsp3) is 0.267. The van der Waals surface area contributed by atoms with Gasteiger partial charge in [0.25, 0.3) is 0 Å². The fourth-order valence-electron chi connectivity index (χ4n) is 2.53. The second-order valence-electron chi connectivity index (χ2n) is 4.87. The van der Waals surface area contributed by atoms with Crippen molar-refractivity contribution in [1.29, 1.82) is 5.26 Å². The number of fused-ring (bicyclic) bond motifs is 1. The van der Waals surface area contributed by atoms with Gasteiger partial charge in [0.2, 0.25) is 4.96 Å². The SMILES string of the molecule is COc1cc(C)c(-c2nc3sc(C)nn3c2C#N)c(C)c1. The van der Waals surface area contributed by atoms with Crippen molar-refractivity contribution in [1.82, 2.24) is 14.6 Å². The van der Waals surface area contributed by atoms with Gasteiger partial charge in [-0.3, -0.25) is 0 Å². The Hall–Kier alpha value is -2.39. The van der Waals surface area contributed by atoms with E-state index < -0.39 is 0 Å². The van der Waals surface area contributed by atoms with Gasteiger partial charge in [0.15, 0.2) is 5.69 Å². The summed E-state index contributed by atoms with van der Waals surface area (Å²) >= 11 is 1.48. The van der Waals surface area contributed by atoms with Crippen LogP contribution in [0.5, 0.6) is 5.75 Å². The summed E-state index contributed by atoms with van der Waals surface area (Å²) in [5, 5.41) is 14.7. The standard InChI is InChI=1S/C15H14N4OS/c1-8-5-11(20-4)6-9(2)13(8)14-12(7-16)19-15(17-14)21-10(3)18-19/h5-6H,1-4H3. The Morgan fingerprint density at radius 1 is 1.24 bits per heavy atom. The molecule has 0 bridgehead atoms. The number of ether oxygens (including phenoxy) is 1. The first-order chi connectivity index (χ1) is 10.0. The molecule has 3 aromatic rings. The highest BCUT2D eigenvalue weighted by Crippen LogP contribution is 2.33. The van der Waals surface area contributed by atoms with E-state index in [0.29, 0.717) is 11.4 Å². The molecule has 0 saturated carbocycles. The van der Waals surface area contributed by atoms with Crippen molar-refractivity contribution in [2.75, 3.05) is 7.11 Å². The van der Waals surface area contributed by atoms with Crippen LogP contribution in [0.2, 0.25) is 0 Å². The van der Waals surface area contributed by atoms with Crippen LogP contribution >= 0.6 is 11.3 Å². The fourth-order valence-corrected chi connectivity index (χ4v) is 3.28. The van der Waals surface area contributed by atoms with Gasteiger partial charge < -0.3 is 4.74 Å². The van der Waals surface area contributed by atoms with Crippen LogP contribution in [0.4, 0.5) is 0 Å². The molecule has 0 aliphatic rings. The summed E-state index contributed by atoms with van der Waals surface area (Å²) in [4.78, 5) is 5.35. The van der Waals surface area contributed by atoms with Crippen molar-refractivity contribution < 1.29 is 4.74 Å². The zero-order valence-corrected chi connectivity index (χ0v) is 13.1. The molecule has 0 unspecified atom stereocenters. The van der Waals surface area contributed by atoms with E-state index in [1.54, 1.807) is 11.6 Å². The number of aryl methyl sites for hydroxylation is 3. The van der Waals surface area contributed by atoms with E-state index in [1.165, 1.54) is 11.3 Å². The number of nitrogens with zero attached hydrogens (tertiary/aromatic N) is 4. The smallest absolute Gasteiger partial charge is 0.213 e. The van der Waals surface area contributed by atoms with Gasteiger partial charge in [-0.2, -0.15) is 14.9 Å². The van der Waals surface area contributed by atoms with E-state index in [-0.39, 0.29) is 0 Å². The number of nitriles is 1. The molecule has 5 nitrogen and oxygen atoms in total. The summed E-state index contributed by atoms with van der Waals surface area (Å²) in [6.45, 7) is 5.90. The van der Waals surface area contributed by atoms with Crippen molar-refractivity contribution in [3.05, 3.63) is 34.0 Å². The first kappa shape index (κ1) is 13.6. The third-order valence-electron chi connectivity index (χ3n) is 3.39. The lowest BCUT2D eigenvalue weighted by Crippen LogP contribution is -1.95. The van der Waals surface area contributed by atoms with E-state index in [1.807, 2.05) is 32.9 Å². The number of aromatic nitrogens is 3. The molecular formula is C15H14N4OS. The second kappa shape index (κ2) is 4.86. The van der Waals surface area contributed by atoms with E-state index in [9.17, 15) is 5.26 Å². The minimum absolute atomic E-state index is 0.478. The summed E-state index contributed by atoms with van der Waals surface area (Å²) in [6, 6.07) is 6.13. The summed E-state index contributed by atoms with van der Waals surface area (Å²) in [5.41, 5.74) is 4.21. The predicted molar refractivity (Wildman–Crippen MR) is 81.8 cm³/mol. The normalized spacial score (nSPS) is 10.8. The average Bonchev–Trinajstić information content (AvgIpc) is 2.93. The van der Waals surface area contributed by atoms with Gasteiger partial charge in [-0.15, -0.1) is 0 Å². The topological polar surface area (TPSA) is 63.2 Å². The van der Waals surface area contributed by atoms with Crippen LogP contribution in [0.3, 0.4) is 0 Å². The molecule has 2 heterocycles. The van der Waals surface area contributed by atoms with Crippen LogP contribution in [-0.2, 0) is 0 Å². The lowest BCUT2D eigenvalue weighted by Gasteiger charge is -2.10. The van der Waals surface area contributed by atoms with Gasteiger partial charge in [0, 0.05) is 5.56 Å². The van der Waals surface area contributed by atoms with Gasteiger partial charge in [-0.1, -0.05) is 11.3 Å². The number of imidazole rings is 1. The monoisotopic (exact) mass is 298 g/mol. The molecule has 0 saturated heterocycles. The van der Waals surface area contributed by atoms with Crippen LogP contribution in [-0.4, -0.2) is 21.7 Å². The van der Waals surface area contributed by atoms with Gasteiger partial charge in [-0.25, -0.2) is 4.98 Å². The average molecular weight is 298 g/mol. The van der Waals surface area contributed by atoms with E-state index in [0.717, 1.165) is 32.4 Å². The Kier molecular flexibility index (Phi) is 3.15. The van der Waals surface area contributed by atoms with E-state index in [2.05, 4.69) is 16.2 Å². The molecule has 106 valence electrons. The number of methoxy groups -OCH3 is 1. The molecule has 0 fully saturated rings.